The second-order valence-corrected chi connectivity index (χ2v) is 7.15. The van der Waals surface area contributed by atoms with Crippen molar-refractivity contribution in [1.29, 1.82) is 0 Å². The number of rotatable bonds is 3. The Bertz CT molecular complexity index is 918. The lowest BCUT2D eigenvalue weighted by Gasteiger charge is -2.39. The third kappa shape index (κ3) is 3.03. The van der Waals surface area contributed by atoms with Crippen LogP contribution in [0, 0.1) is 6.92 Å². The summed E-state index contributed by atoms with van der Waals surface area (Å²) in [7, 11) is 0. The van der Waals surface area contributed by atoms with Gasteiger partial charge >= 0.3 is 5.63 Å². The first-order chi connectivity index (χ1) is 12.9. The van der Waals surface area contributed by atoms with Gasteiger partial charge in [0.2, 0.25) is 6.29 Å². The van der Waals surface area contributed by atoms with Crippen molar-refractivity contribution < 1.29 is 34.3 Å². The van der Waals surface area contributed by atoms with Crippen molar-refractivity contribution in [2.75, 3.05) is 6.61 Å². The Hall–Kier alpha value is -1.97. The number of benzene rings is 1. The predicted octanol–water partition coefficient (Wildman–Crippen LogP) is -0.231. The van der Waals surface area contributed by atoms with E-state index in [-0.39, 0.29) is 5.63 Å². The molecule has 0 spiro atoms. The van der Waals surface area contributed by atoms with E-state index in [1.165, 1.54) is 0 Å². The van der Waals surface area contributed by atoms with Gasteiger partial charge in [-0.3, -0.25) is 0 Å². The minimum absolute atomic E-state index is 0.348. The molecule has 0 radical (unpaired) electrons. The zero-order chi connectivity index (χ0) is 19.3. The number of aliphatic hydroxyl groups is 4. The van der Waals surface area contributed by atoms with Gasteiger partial charge in [0.15, 0.2) is 0 Å². The van der Waals surface area contributed by atoms with Crippen LogP contribution in [0.3, 0.4) is 0 Å². The molecular formula is C19H22O8. The lowest BCUT2D eigenvalue weighted by Crippen LogP contribution is -2.60. The molecule has 2 heterocycles. The summed E-state index contributed by atoms with van der Waals surface area (Å²) < 4.78 is 16.8. The molecule has 8 heteroatoms. The molecule has 146 valence electrons. The molecule has 2 aliphatic rings. The summed E-state index contributed by atoms with van der Waals surface area (Å²) in [4.78, 5) is 12.2. The molecular weight excluding hydrogens is 356 g/mol. The van der Waals surface area contributed by atoms with E-state index < -0.39 is 37.3 Å². The van der Waals surface area contributed by atoms with Gasteiger partial charge in [0.25, 0.3) is 0 Å². The fourth-order valence-electron chi connectivity index (χ4n) is 3.89. The van der Waals surface area contributed by atoms with Crippen molar-refractivity contribution in [2.24, 2.45) is 0 Å². The zero-order valence-corrected chi connectivity index (χ0v) is 14.8. The average molecular weight is 378 g/mol. The fraction of sp³-hybridized carbons (Fsp3) is 0.526. The Morgan fingerprint density at radius 1 is 1.11 bits per heavy atom. The van der Waals surface area contributed by atoms with Crippen molar-refractivity contribution in [3.63, 3.8) is 0 Å². The van der Waals surface area contributed by atoms with Crippen molar-refractivity contribution in [2.45, 2.75) is 56.9 Å². The van der Waals surface area contributed by atoms with Gasteiger partial charge in [-0.2, -0.15) is 0 Å². The summed E-state index contributed by atoms with van der Waals surface area (Å²) in [6.45, 7) is 1.27. The minimum Gasteiger partial charge on any atom is -0.461 e. The fourth-order valence-corrected chi connectivity index (χ4v) is 3.89. The molecule has 1 saturated heterocycles. The lowest BCUT2D eigenvalue weighted by atomic mass is 9.99. The summed E-state index contributed by atoms with van der Waals surface area (Å²) in [6, 6.07) is 3.48. The SMILES string of the molecule is Cc1cc(O[C@@H]2O[C@H](CO)[C@@H](O)[C@H](O)[C@H]2O)c2c3c(c(=O)oc2c1)CCC3. The van der Waals surface area contributed by atoms with Crippen LogP contribution < -0.4 is 10.4 Å². The lowest BCUT2D eigenvalue weighted by molar-refractivity contribution is -0.277. The summed E-state index contributed by atoms with van der Waals surface area (Å²) >= 11 is 0. The van der Waals surface area contributed by atoms with Crippen LogP contribution in [0.5, 0.6) is 5.75 Å². The molecule has 1 aliphatic carbocycles. The van der Waals surface area contributed by atoms with Crippen molar-refractivity contribution in [1.82, 2.24) is 0 Å². The second kappa shape index (κ2) is 6.88. The van der Waals surface area contributed by atoms with Crippen LogP contribution in [0.15, 0.2) is 21.3 Å². The van der Waals surface area contributed by atoms with Crippen molar-refractivity contribution in [3.05, 3.63) is 39.2 Å². The number of hydrogen-bond acceptors (Lipinski definition) is 8. The van der Waals surface area contributed by atoms with E-state index >= 15 is 0 Å². The first-order valence-corrected chi connectivity index (χ1v) is 8.97. The van der Waals surface area contributed by atoms with Crippen molar-refractivity contribution >= 4 is 11.0 Å². The monoisotopic (exact) mass is 378 g/mol. The number of ether oxygens (including phenoxy) is 2. The summed E-state index contributed by atoms with van der Waals surface area (Å²) in [5.41, 5.74) is 2.31. The Labute approximate surface area is 154 Å². The maximum Gasteiger partial charge on any atom is 0.339 e. The number of fused-ring (bicyclic) bond motifs is 3. The highest BCUT2D eigenvalue weighted by Crippen LogP contribution is 2.36. The number of aryl methyl sites for hydroxylation is 2. The van der Waals surface area contributed by atoms with Gasteiger partial charge in [-0.05, 0) is 49.4 Å². The third-order valence-corrected chi connectivity index (χ3v) is 5.27. The average Bonchev–Trinajstić information content (AvgIpc) is 3.12. The Morgan fingerprint density at radius 3 is 2.59 bits per heavy atom. The van der Waals surface area contributed by atoms with E-state index in [9.17, 15) is 25.2 Å². The Kier molecular flexibility index (Phi) is 4.69. The van der Waals surface area contributed by atoms with Crippen molar-refractivity contribution in [3.8, 4) is 5.75 Å². The number of aliphatic hydroxyl groups excluding tert-OH is 4. The highest BCUT2D eigenvalue weighted by Gasteiger charge is 2.45. The largest absolute Gasteiger partial charge is 0.461 e. The van der Waals surface area contributed by atoms with E-state index in [0.717, 1.165) is 17.5 Å². The number of hydrogen-bond donors (Lipinski definition) is 4. The molecule has 0 unspecified atom stereocenters. The van der Waals surface area contributed by atoms with E-state index in [0.29, 0.717) is 35.1 Å². The van der Waals surface area contributed by atoms with E-state index in [4.69, 9.17) is 13.9 Å². The molecule has 5 atom stereocenters. The van der Waals surface area contributed by atoms with Crippen LogP contribution in [0.4, 0.5) is 0 Å². The molecule has 0 amide bonds. The smallest absolute Gasteiger partial charge is 0.339 e. The van der Waals surface area contributed by atoms with Crippen LogP contribution in [0.1, 0.15) is 23.1 Å². The molecule has 27 heavy (non-hydrogen) atoms. The van der Waals surface area contributed by atoms with Gasteiger partial charge in [-0.15, -0.1) is 0 Å². The quantitative estimate of drug-likeness (QED) is 0.539. The maximum absolute atomic E-state index is 12.2. The molecule has 4 rings (SSSR count). The summed E-state index contributed by atoms with van der Waals surface area (Å²) in [5, 5.41) is 40.1. The van der Waals surface area contributed by atoms with Gasteiger partial charge in [0.1, 0.15) is 35.7 Å². The van der Waals surface area contributed by atoms with E-state index in [2.05, 4.69) is 0 Å². The molecule has 2 aromatic rings. The van der Waals surface area contributed by atoms with E-state index in [1.54, 1.807) is 12.1 Å². The molecule has 8 nitrogen and oxygen atoms in total. The Morgan fingerprint density at radius 2 is 1.85 bits per heavy atom. The van der Waals surface area contributed by atoms with E-state index in [1.807, 2.05) is 6.92 Å². The second-order valence-electron chi connectivity index (χ2n) is 7.15. The normalized spacial score (nSPS) is 30.5. The maximum atomic E-state index is 12.2. The van der Waals surface area contributed by atoms with Gasteiger partial charge < -0.3 is 34.3 Å². The molecule has 0 bridgehead atoms. The van der Waals surface area contributed by atoms with Crippen LogP contribution in [-0.2, 0) is 17.6 Å². The van der Waals surface area contributed by atoms with Gasteiger partial charge in [-0.1, -0.05) is 0 Å². The van der Waals surface area contributed by atoms with Gasteiger partial charge in [-0.25, -0.2) is 4.79 Å². The van der Waals surface area contributed by atoms with Crippen LogP contribution >= 0.6 is 0 Å². The first kappa shape index (κ1) is 18.4. The van der Waals surface area contributed by atoms with Crippen LogP contribution in [0.2, 0.25) is 0 Å². The molecule has 1 fully saturated rings. The topological polar surface area (TPSA) is 130 Å². The molecule has 1 aromatic heterocycles. The first-order valence-electron chi connectivity index (χ1n) is 8.97. The molecule has 0 saturated carbocycles. The van der Waals surface area contributed by atoms with Gasteiger partial charge in [0.05, 0.1) is 12.0 Å². The van der Waals surface area contributed by atoms with Gasteiger partial charge in [0, 0.05) is 5.56 Å². The molecule has 1 aliphatic heterocycles. The Balaban J connectivity index is 1.78. The summed E-state index contributed by atoms with van der Waals surface area (Å²) in [6.07, 6.45) is -4.66. The standard InChI is InChI=1S/C19H22O8/c1-8-5-11-14(9-3-2-4-10(9)18(24)25-11)12(6-8)26-19-17(23)16(22)15(21)13(7-20)27-19/h5-6,13,15-17,19-23H,2-4,7H2,1H3/t13-,15-,16+,17-,19-/m1/s1. The van der Waals surface area contributed by atoms with Crippen LogP contribution in [0.25, 0.3) is 11.0 Å². The third-order valence-electron chi connectivity index (χ3n) is 5.27. The summed E-state index contributed by atoms with van der Waals surface area (Å²) in [5.74, 6) is 0.358. The minimum atomic E-state index is -1.53. The highest BCUT2D eigenvalue weighted by molar-refractivity contribution is 5.88. The zero-order valence-electron chi connectivity index (χ0n) is 14.8. The molecule has 1 aromatic carbocycles. The molecule has 4 N–H and O–H groups in total. The highest BCUT2D eigenvalue weighted by atomic mass is 16.7. The van der Waals surface area contributed by atoms with Crippen LogP contribution in [-0.4, -0.2) is 57.7 Å². The predicted molar refractivity (Wildman–Crippen MR) is 93.6 cm³/mol.